The van der Waals surface area contributed by atoms with Crippen molar-refractivity contribution < 1.29 is 9.59 Å². The molecule has 4 rings (SSSR count). The Balaban J connectivity index is 1.36. The number of carbonyl (C=O) groups excluding carboxylic acids is 2. The summed E-state index contributed by atoms with van der Waals surface area (Å²) in [6, 6.07) is 13.3. The molecule has 4 atom stereocenters. The van der Waals surface area contributed by atoms with E-state index in [1.807, 2.05) is 24.3 Å². The molecule has 2 amide bonds. The summed E-state index contributed by atoms with van der Waals surface area (Å²) in [7, 11) is 0. The first-order chi connectivity index (χ1) is 17.1. The molecule has 0 bridgehead atoms. The largest absolute Gasteiger partial charge is 0.384 e. The minimum Gasteiger partial charge on any atom is -0.384 e. The number of amides is 2. The summed E-state index contributed by atoms with van der Waals surface area (Å²) in [6.45, 7) is 0.378. The van der Waals surface area contributed by atoms with Crippen LogP contribution in [-0.4, -0.2) is 22.8 Å². The van der Waals surface area contributed by atoms with Gasteiger partial charge >= 0.3 is 0 Å². The third-order valence-corrected chi connectivity index (χ3v) is 7.94. The number of nitrogens with one attached hydrogen (secondary N) is 2. The lowest BCUT2D eigenvalue weighted by Gasteiger charge is -2.42. The molecule has 6 heteroatoms. The first-order valence-electron chi connectivity index (χ1n) is 13.4. The van der Waals surface area contributed by atoms with Gasteiger partial charge in [0.25, 0.3) is 0 Å². The molecule has 0 radical (unpaired) electrons. The number of anilines is 1. The Bertz CT molecular complexity index is 945. The third kappa shape index (κ3) is 7.55. The van der Waals surface area contributed by atoms with Crippen LogP contribution in [0.1, 0.15) is 75.3 Å². The predicted molar refractivity (Wildman–Crippen MR) is 139 cm³/mol. The summed E-state index contributed by atoms with van der Waals surface area (Å²) in [5, 5.41) is 6.14. The van der Waals surface area contributed by atoms with Crippen molar-refractivity contribution in [3.63, 3.8) is 0 Å². The maximum Gasteiger partial charge on any atom is 0.242 e. The Labute approximate surface area is 209 Å². The Morgan fingerprint density at radius 2 is 1.77 bits per heavy atom. The maximum absolute atomic E-state index is 13.3. The molecule has 1 heterocycles. The van der Waals surface area contributed by atoms with E-state index in [0.717, 1.165) is 37.2 Å². The molecule has 2 aromatic rings. The highest BCUT2D eigenvalue weighted by Crippen LogP contribution is 2.45. The number of nitrogen functional groups attached to an aromatic ring is 1. The molecule has 2 aliphatic rings. The average molecular weight is 477 g/mol. The van der Waals surface area contributed by atoms with Crippen molar-refractivity contribution in [1.29, 1.82) is 0 Å². The van der Waals surface area contributed by atoms with Crippen LogP contribution in [0, 0.1) is 17.8 Å². The molecule has 0 aliphatic heterocycles. The van der Waals surface area contributed by atoms with Crippen molar-refractivity contribution in [2.45, 2.75) is 83.2 Å². The summed E-state index contributed by atoms with van der Waals surface area (Å²) >= 11 is 0. The van der Waals surface area contributed by atoms with Crippen LogP contribution >= 0.6 is 0 Å². The second-order valence-electron chi connectivity index (χ2n) is 10.4. The van der Waals surface area contributed by atoms with Gasteiger partial charge < -0.3 is 16.4 Å². The average Bonchev–Trinajstić information content (AvgIpc) is 2.88. The SMILES string of the molecule is Nc1ccc(CNC(=O)C(CC2CCCC3CCCC[C@@H]32)NC(=O)CCCc2ccccc2)cn1. The normalized spacial score (nSPS) is 22.6. The summed E-state index contributed by atoms with van der Waals surface area (Å²) in [4.78, 5) is 30.3. The lowest BCUT2D eigenvalue weighted by molar-refractivity contribution is -0.130. The highest BCUT2D eigenvalue weighted by molar-refractivity contribution is 5.87. The standard InChI is InChI=1S/C29H40N4O2/c30-27-17-16-22(19-31-27)20-32-29(35)26(18-24-13-7-12-23-11-4-5-14-25(23)24)33-28(34)15-6-10-21-8-2-1-3-9-21/h1-3,8-9,16-17,19,23-26H,4-7,10-15,18,20H2,(H2,30,31)(H,32,35)(H,33,34)/t23?,24?,25-,26?/m0/s1. The number of fused-ring (bicyclic) bond motifs is 1. The lowest BCUT2D eigenvalue weighted by Crippen LogP contribution is -2.48. The summed E-state index contributed by atoms with van der Waals surface area (Å²) in [6.07, 6.45) is 13.4. The van der Waals surface area contributed by atoms with Gasteiger partial charge in [-0.15, -0.1) is 0 Å². The number of aromatic nitrogens is 1. The Morgan fingerprint density at radius 3 is 2.57 bits per heavy atom. The predicted octanol–water partition coefficient (Wildman–Crippen LogP) is 4.78. The fraction of sp³-hybridized carbons (Fsp3) is 0.552. The molecule has 3 unspecified atom stereocenters. The minimum atomic E-state index is -0.494. The topological polar surface area (TPSA) is 97.1 Å². The smallest absolute Gasteiger partial charge is 0.242 e. The quantitative estimate of drug-likeness (QED) is 0.459. The number of rotatable bonds is 10. The molecule has 188 valence electrons. The molecule has 1 aromatic carbocycles. The van der Waals surface area contributed by atoms with E-state index in [1.165, 1.54) is 44.1 Å². The Morgan fingerprint density at radius 1 is 0.971 bits per heavy atom. The molecular weight excluding hydrogens is 436 g/mol. The van der Waals surface area contributed by atoms with Gasteiger partial charge in [-0.25, -0.2) is 4.98 Å². The molecule has 6 nitrogen and oxygen atoms in total. The zero-order chi connectivity index (χ0) is 24.5. The maximum atomic E-state index is 13.3. The zero-order valence-electron chi connectivity index (χ0n) is 20.8. The first kappa shape index (κ1) is 25.2. The van der Waals surface area contributed by atoms with E-state index >= 15 is 0 Å². The van der Waals surface area contributed by atoms with Gasteiger partial charge in [-0.05, 0) is 60.6 Å². The second-order valence-corrected chi connectivity index (χ2v) is 10.4. The number of pyridine rings is 1. The van der Waals surface area contributed by atoms with Crippen LogP contribution in [0.25, 0.3) is 0 Å². The van der Waals surface area contributed by atoms with Crippen molar-refractivity contribution in [2.75, 3.05) is 5.73 Å². The molecule has 2 saturated carbocycles. The van der Waals surface area contributed by atoms with Crippen LogP contribution in [0.3, 0.4) is 0 Å². The minimum absolute atomic E-state index is 0.0359. The number of hydrogen-bond acceptors (Lipinski definition) is 4. The van der Waals surface area contributed by atoms with Crippen LogP contribution in [0.4, 0.5) is 5.82 Å². The summed E-state index contributed by atoms with van der Waals surface area (Å²) in [5.74, 6) is 2.33. The van der Waals surface area contributed by atoms with Crippen LogP contribution in [0.5, 0.6) is 0 Å². The molecule has 35 heavy (non-hydrogen) atoms. The van der Waals surface area contributed by atoms with Gasteiger partial charge in [0.2, 0.25) is 11.8 Å². The van der Waals surface area contributed by atoms with Crippen LogP contribution in [0.2, 0.25) is 0 Å². The molecule has 2 aliphatic carbocycles. The number of carbonyl (C=O) groups is 2. The molecule has 0 saturated heterocycles. The van der Waals surface area contributed by atoms with E-state index in [2.05, 4.69) is 27.8 Å². The van der Waals surface area contributed by atoms with Gasteiger partial charge in [0, 0.05) is 19.2 Å². The highest BCUT2D eigenvalue weighted by Gasteiger charge is 2.37. The monoisotopic (exact) mass is 476 g/mol. The van der Waals surface area contributed by atoms with E-state index in [4.69, 9.17) is 5.73 Å². The van der Waals surface area contributed by atoms with E-state index in [0.29, 0.717) is 30.6 Å². The van der Waals surface area contributed by atoms with Crippen LogP contribution < -0.4 is 16.4 Å². The van der Waals surface area contributed by atoms with Gasteiger partial charge in [0.05, 0.1) is 0 Å². The summed E-state index contributed by atoms with van der Waals surface area (Å²) in [5.41, 5.74) is 7.80. The van der Waals surface area contributed by atoms with E-state index < -0.39 is 6.04 Å². The van der Waals surface area contributed by atoms with Gasteiger partial charge in [0.15, 0.2) is 0 Å². The van der Waals surface area contributed by atoms with Gasteiger partial charge in [-0.3, -0.25) is 9.59 Å². The second kappa shape index (κ2) is 12.7. The highest BCUT2D eigenvalue weighted by atomic mass is 16.2. The Kier molecular flexibility index (Phi) is 9.15. The van der Waals surface area contributed by atoms with Crippen LogP contribution in [0.15, 0.2) is 48.7 Å². The molecular formula is C29H40N4O2. The molecule has 4 N–H and O–H groups in total. The van der Waals surface area contributed by atoms with Crippen molar-refractivity contribution in [1.82, 2.24) is 15.6 Å². The van der Waals surface area contributed by atoms with E-state index in [9.17, 15) is 9.59 Å². The number of aryl methyl sites for hydroxylation is 1. The third-order valence-electron chi connectivity index (χ3n) is 7.94. The number of benzene rings is 1. The van der Waals surface area contributed by atoms with E-state index in [-0.39, 0.29) is 11.8 Å². The van der Waals surface area contributed by atoms with Crippen molar-refractivity contribution in [3.05, 3.63) is 59.8 Å². The number of nitrogens with two attached hydrogens (primary N) is 1. The van der Waals surface area contributed by atoms with Gasteiger partial charge in [-0.2, -0.15) is 0 Å². The first-order valence-corrected chi connectivity index (χ1v) is 13.4. The fourth-order valence-electron chi connectivity index (χ4n) is 6.12. The van der Waals surface area contributed by atoms with Gasteiger partial charge in [-0.1, -0.05) is 74.9 Å². The van der Waals surface area contributed by atoms with Crippen molar-refractivity contribution >= 4 is 17.6 Å². The lowest BCUT2D eigenvalue weighted by atomic mass is 9.64. The molecule has 1 aromatic heterocycles. The number of nitrogens with zero attached hydrogens (tertiary/aromatic N) is 1. The zero-order valence-corrected chi connectivity index (χ0v) is 20.8. The fourth-order valence-corrected chi connectivity index (χ4v) is 6.12. The number of hydrogen-bond donors (Lipinski definition) is 3. The van der Waals surface area contributed by atoms with Gasteiger partial charge in [0.1, 0.15) is 11.9 Å². The van der Waals surface area contributed by atoms with Crippen molar-refractivity contribution in [2.24, 2.45) is 17.8 Å². The molecule has 2 fully saturated rings. The van der Waals surface area contributed by atoms with Crippen molar-refractivity contribution in [3.8, 4) is 0 Å². The van der Waals surface area contributed by atoms with E-state index in [1.54, 1.807) is 12.3 Å². The van der Waals surface area contributed by atoms with Crippen LogP contribution in [-0.2, 0) is 22.6 Å². The Hall–Kier alpha value is -2.89. The summed E-state index contributed by atoms with van der Waals surface area (Å²) < 4.78 is 0. The molecule has 0 spiro atoms.